The van der Waals surface area contributed by atoms with Gasteiger partial charge in [-0.1, -0.05) is 18.2 Å². The average Bonchev–Trinajstić information content (AvgIpc) is 3.03. The first kappa shape index (κ1) is 23.3. The highest BCUT2D eigenvalue weighted by molar-refractivity contribution is 6.07. The zero-order valence-electron chi connectivity index (χ0n) is 20.2. The molecule has 3 rings (SSSR count). The first-order valence-corrected chi connectivity index (χ1v) is 10.7. The predicted octanol–water partition coefficient (Wildman–Crippen LogP) is 4.68. The third kappa shape index (κ3) is 4.74. The Balaban J connectivity index is 1.99. The number of ether oxygens (including phenoxy) is 1. The molecule has 0 unspecified atom stereocenters. The van der Waals surface area contributed by atoms with Crippen molar-refractivity contribution in [3.05, 3.63) is 70.5 Å². The molecule has 1 aromatic carbocycles. The first-order chi connectivity index (χ1) is 15.1. The summed E-state index contributed by atoms with van der Waals surface area (Å²) in [5.41, 5.74) is 7.41. The van der Waals surface area contributed by atoms with E-state index in [1.165, 1.54) is 0 Å². The van der Waals surface area contributed by atoms with Gasteiger partial charge in [-0.2, -0.15) is 0 Å². The number of allylic oxidation sites excluding steroid dienone is 4. The van der Waals surface area contributed by atoms with Crippen LogP contribution in [0.25, 0.3) is 11.0 Å². The molecule has 2 aromatic rings. The van der Waals surface area contributed by atoms with Crippen LogP contribution in [0.1, 0.15) is 32.8 Å². The number of aromatic nitrogens is 2. The Bertz CT molecular complexity index is 1220. The summed E-state index contributed by atoms with van der Waals surface area (Å²) in [5, 5.41) is 2.97. The number of amides is 1. The van der Waals surface area contributed by atoms with Crippen LogP contribution < -0.4 is 5.32 Å². The molecule has 0 atom stereocenters. The minimum atomic E-state index is -0.233. The van der Waals surface area contributed by atoms with Crippen molar-refractivity contribution in [1.29, 1.82) is 0 Å². The maximum absolute atomic E-state index is 13.3. The SMILES string of the molecule is C=C(C)/C=C(\C=C(/C)C1=C(OC)CC[N+](C)=C1C)C(=O)Nc1nc2ccc(C)cc2n1C. The van der Waals surface area contributed by atoms with Crippen molar-refractivity contribution in [2.24, 2.45) is 7.05 Å². The summed E-state index contributed by atoms with van der Waals surface area (Å²) in [7, 11) is 5.67. The van der Waals surface area contributed by atoms with Crippen molar-refractivity contribution < 1.29 is 14.1 Å². The van der Waals surface area contributed by atoms with E-state index in [1.807, 2.05) is 50.6 Å². The number of rotatable bonds is 6. The van der Waals surface area contributed by atoms with Crippen LogP contribution >= 0.6 is 0 Å². The fraction of sp³-hybridized carbons (Fsp3) is 0.346. The summed E-state index contributed by atoms with van der Waals surface area (Å²) in [6.45, 7) is 12.9. The van der Waals surface area contributed by atoms with Gasteiger partial charge in [-0.15, -0.1) is 0 Å². The molecule has 0 bridgehead atoms. The van der Waals surface area contributed by atoms with Gasteiger partial charge in [0.2, 0.25) is 5.95 Å². The van der Waals surface area contributed by atoms with E-state index in [1.54, 1.807) is 13.2 Å². The van der Waals surface area contributed by atoms with E-state index in [0.717, 1.165) is 57.8 Å². The van der Waals surface area contributed by atoms with Gasteiger partial charge in [0.1, 0.15) is 19.4 Å². The second kappa shape index (κ2) is 9.39. The zero-order valence-corrected chi connectivity index (χ0v) is 20.2. The summed E-state index contributed by atoms with van der Waals surface area (Å²) < 4.78 is 9.77. The Morgan fingerprint density at radius 2 is 2.00 bits per heavy atom. The molecule has 6 heteroatoms. The average molecular weight is 434 g/mol. The maximum Gasteiger partial charge on any atom is 0.257 e. The number of benzene rings is 1. The Labute approximate surface area is 190 Å². The number of hydrogen-bond donors (Lipinski definition) is 1. The molecule has 0 radical (unpaired) electrons. The van der Waals surface area contributed by atoms with Crippen LogP contribution in [0.15, 0.2) is 65.0 Å². The van der Waals surface area contributed by atoms with Gasteiger partial charge < -0.3 is 9.30 Å². The third-order valence-corrected chi connectivity index (χ3v) is 5.83. The number of nitrogens with zero attached hydrogens (tertiary/aromatic N) is 3. The van der Waals surface area contributed by atoms with Gasteiger partial charge in [-0.25, -0.2) is 9.56 Å². The van der Waals surface area contributed by atoms with Crippen LogP contribution in [0.4, 0.5) is 5.95 Å². The number of anilines is 1. The first-order valence-electron chi connectivity index (χ1n) is 10.7. The van der Waals surface area contributed by atoms with Gasteiger partial charge in [0.15, 0.2) is 5.71 Å². The molecular weight excluding hydrogens is 400 g/mol. The molecule has 1 amide bonds. The topological polar surface area (TPSA) is 59.2 Å². The molecular formula is C26H33N4O2+. The molecule has 1 aromatic heterocycles. The van der Waals surface area contributed by atoms with Gasteiger partial charge in [-0.05, 0) is 56.2 Å². The lowest BCUT2D eigenvalue weighted by molar-refractivity contribution is -0.498. The van der Waals surface area contributed by atoms with Crippen LogP contribution in [0, 0.1) is 6.92 Å². The van der Waals surface area contributed by atoms with Crippen molar-refractivity contribution in [1.82, 2.24) is 9.55 Å². The van der Waals surface area contributed by atoms with Crippen LogP contribution in [0.5, 0.6) is 0 Å². The molecule has 0 fully saturated rings. The molecule has 1 N–H and O–H groups in total. The lowest BCUT2D eigenvalue weighted by Crippen LogP contribution is -2.26. The fourth-order valence-corrected chi connectivity index (χ4v) is 3.99. The zero-order chi connectivity index (χ0) is 23.6. The molecule has 0 aliphatic carbocycles. The minimum Gasteiger partial charge on any atom is -0.500 e. The molecule has 32 heavy (non-hydrogen) atoms. The highest BCUT2D eigenvalue weighted by Gasteiger charge is 2.25. The second-order valence-electron chi connectivity index (χ2n) is 8.47. The van der Waals surface area contributed by atoms with E-state index in [2.05, 4.69) is 41.5 Å². The molecule has 0 spiro atoms. The number of nitrogens with one attached hydrogen (secondary N) is 1. The monoisotopic (exact) mass is 433 g/mol. The number of carbonyl (C=O) groups excluding carboxylic acids is 1. The largest absolute Gasteiger partial charge is 0.500 e. The summed E-state index contributed by atoms with van der Waals surface area (Å²) in [4.78, 5) is 17.9. The highest BCUT2D eigenvalue weighted by Crippen LogP contribution is 2.25. The number of aryl methyl sites for hydroxylation is 2. The minimum absolute atomic E-state index is 0.233. The van der Waals surface area contributed by atoms with E-state index < -0.39 is 0 Å². The smallest absolute Gasteiger partial charge is 0.257 e. The van der Waals surface area contributed by atoms with E-state index in [9.17, 15) is 4.79 Å². The van der Waals surface area contributed by atoms with E-state index in [-0.39, 0.29) is 5.91 Å². The van der Waals surface area contributed by atoms with Crippen molar-refractivity contribution >= 4 is 28.6 Å². The molecule has 1 aliphatic rings. The third-order valence-electron chi connectivity index (χ3n) is 5.83. The molecule has 0 saturated heterocycles. The van der Waals surface area contributed by atoms with E-state index in [4.69, 9.17) is 4.74 Å². The molecule has 6 nitrogen and oxygen atoms in total. The van der Waals surface area contributed by atoms with Crippen molar-refractivity contribution in [2.45, 2.75) is 34.1 Å². The Kier molecular flexibility index (Phi) is 6.82. The highest BCUT2D eigenvalue weighted by atomic mass is 16.5. The normalized spacial score (nSPS) is 15.5. The number of fused-ring (bicyclic) bond motifs is 1. The van der Waals surface area contributed by atoms with Crippen LogP contribution in [-0.2, 0) is 16.6 Å². The Hall–Kier alpha value is -3.41. The predicted molar refractivity (Wildman–Crippen MR) is 131 cm³/mol. The van der Waals surface area contributed by atoms with Crippen LogP contribution in [-0.4, -0.2) is 46.4 Å². The number of methoxy groups -OCH3 is 1. The molecule has 168 valence electrons. The number of imidazole rings is 1. The summed E-state index contributed by atoms with van der Waals surface area (Å²) in [6, 6.07) is 6.04. The second-order valence-corrected chi connectivity index (χ2v) is 8.47. The Morgan fingerprint density at radius 1 is 1.28 bits per heavy atom. The summed E-state index contributed by atoms with van der Waals surface area (Å²) in [6.07, 6.45) is 4.52. The van der Waals surface area contributed by atoms with E-state index >= 15 is 0 Å². The maximum atomic E-state index is 13.3. The number of hydrogen-bond acceptors (Lipinski definition) is 3. The van der Waals surface area contributed by atoms with Gasteiger partial charge in [0, 0.05) is 19.5 Å². The summed E-state index contributed by atoms with van der Waals surface area (Å²) in [5.74, 6) is 1.21. The lowest BCUT2D eigenvalue weighted by Gasteiger charge is -2.18. The van der Waals surface area contributed by atoms with Crippen LogP contribution in [0.2, 0.25) is 0 Å². The molecule has 0 saturated carbocycles. The van der Waals surface area contributed by atoms with Crippen LogP contribution in [0.3, 0.4) is 0 Å². The van der Waals surface area contributed by atoms with Gasteiger partial charge in [-0.3, -0.25) is 10.1 Å². The van der Waals surface area contributed by atoms with Gasteiger partial charge >= 0.3 is 0 Å². The van der Waals surface area contributed by atoms with Gasteiger partial charge in [0.05, 0.1) is 30.1 Å². The lowest BCUT2D eigenvalue weighted by atomic mass is 9.95. The summed E-state index contributed by atoms with van der Waals surface area (Å²) >= 11 is 0. The van der Waals surface area contributed by atoms with Crippen molar-refractivity contribution in [3.8, 4) is 0 Å². The molecule has 2 heterocycles. The molecule has 1 aliphatic heterocycles. The van der Waals surface area contributed by atoms with E-state index in [0.29, 0.717) is 11.5 Å². The fourth-order valence-electron chi connectivity index (χ4n) is 3.99. The number of carbonyl (C=O) groups is 1. The van der Waals surface area contributed by atoms with Crippen molar-refractivity contribution in [2.75, 3.05) is 26.0 Å². The quantitative estimate of drug-likeness (QED) is 0.409. The standard InChI is InChI=1S/C26H32N4O2/c1-16(2)13-20(15-18(4)24-19(5)29(6)12-11-23(24)32-8)25(31)28-26-27-21-10-9-17(3)14-22(21)30(26)7/h9-10,13-15H,1,11-12H2,2-8H3/p+1/b18-15+,20-13+. The van der Waals surface area contributed by atoms with Gasteiger partial charge in [0.25, 0.3) is 5.91 Å². The van der Waals surface area contributed by atoms with Crippen molar-refractivity contribution in [3.63, 3.8) is 0 Å². The Morgan fingerprint density at radius 3 is 2.66 bits per heavy atom.